The van der Waals surface area contributed by atoms with Crippen LogP contribution in [0.15, 0.2) is 6.07 Å². The summed E-state index contributed by atoms with van der Waals surface area (Å²) in [5.74, 6) is -1.16. The molecule has 0 aliphatic heterocycles. The zero-order chi connectivity index (χ0) is 17.5. The second-order valence-electron chi connectivity index (χ2n) is 5.98. The molecule has 0 radical (unpaired) electrons. The highest BCUT2D eigenvalue weighted by atomic mass is 32.1. The maximum absolute atomic E-state index is 11.9. The van der Waals surface area contributed by atoms with Crippen molar-refractivity contribution in [2.24, 2.45) is 0 Å². The van der Waals surface area contributed by atoms with Crippen molar-refractivity contribution in [1.29, 1.82) is 0 Å². The maximum atomic E-state index is 11.9. The van der Waals surface area contributed by atoms with E-state index in [2.05, 4.69) is 10.6 Å². The smallest absolute Gasteiger partial charge is 0.348 e. The van der Waals surface area contributed by atoms with E-state index in [9.17, 15) is 14.4 Å². The molecule has 2 rings (SSSR count). The Labute approximate surface area is 146 Å². The largest absolute Gasteiger partial charge is 0.451 e. The summed E-state index contributed by atoms with van der Waals surface area (Å²) in [5.41, 5.74) is 1.10. The molecule has 0 unspecified atom stereocenters. The molecular weight excluding hydrogens is 328 g/mol. The third kappa shape index (κ3) is 5.33. The zero-order valence-electron chi connectivity index (χ0n) is 14.1. The molecule has 24 heavy (non-hydrogen) atoms. The van der Waals surface area contributed by atoms with Crippen LogP contribution in [0.1, 0.15) is 59.1 Å². The molecule has 132 valence electrons. The van der Waals surface area contributed by atoms with Crippen molar-refractivity contribution in [3.8, 4) is 0 Å². The summed E-state index contributed by atoms with van der Waals surface area (Å²) in [4.78, 5) is 36.9. The number of hydrogen-bond acceptors (Lipinski definition) is 5. The Bertz CT molecular complexity index is 606. The summed E-state index contributed by atoms with van der Waals surface area (Å²) in [6.45, 7) is 3.50. The lowest BCUT2D eigenvalue weighted by Crippen LogP contribution is -2.46. The minimum atomic E-state index is -0.624. The second-order valence-corrected chi connectivity index (χ2v) is 7.23. The lowest BCUT2D eigenvalue weighted by molar-refractivity contribution is -0.123. The molecule has 1 aliphatic carbocycles. The van der Waals surface area contributed by atoms with Crippen molar-refractivity contribution in [2.75, 3.05) is 6.61 Å². The molecule has 7 heteroatoms. The molecule has 1 heterocycles. The van der Waals surface area contributed by atoms with Crippen LogP contribution >= 0.6 is 11.3 Å². The fourth-order valence-electron chi connectivity index (χ4n) is 2.80. The highest BCUT2D eigenvalue weighted by Gasteiger charge is 2.18. The molecule has 1 aliphatic rings. The van der Waals surface area contributed by atoms with E-state index in [-0.39, 0.29) is 6.04 Å². The van der Waals surface area contributed by atoms with Gasteiger partial charge < -0.3 is 10.1 Å². The highest BCUT2D eigenvalue weighted by molar-refractivity contribution is 7.14. The van der Waals surface area contributed by atoms with Gasteiger partial charge in [-0.25, -0.2) is 9.59 Å². The molecule has 0 bridgehead atoms. The van der Waals surface area contributed by atoms with Crippen molar-refractivity contribution >= 4 is 29.2 Å². The molecule has 0 aromatic carbocycles. The van der Waals surface area contributed by atoms with Gasteiger partial charge in [-0.05, 0) is 37.8 Å². The number of carbonyl (C=O) groups is 3. The van der Waals surface area contributed by atoms with Crippen molar-refractivity contribution in [1.82, 2.24) is 10.6 Å². The number of ether oxygens (including phenoxy) is 1. The Morgan fingerprint density at radius 1 is 1.25 bits per heavy atom. The van der Waals surface area contributed by atoms with Gasteiger partial charge in [0, 0.05) is 10.9 Å². The highest BCUT2D eigenvalue weighted by Crippen LogP contribution is 2.22. The van der Waals surface area contributed by atoms with Crippen LogP contribution in [0.4, 0.5) is 4.79 Å². The number of esters is 1. The molecule has 0 saturated heterocycles. The van der Waals surface area contributed by atoms with Gasteiger partial charge in [0.05, 0.1) is 0 Å². The average Bonchev–Trinajstić information content (AvgIpc) is 2.94. The standard InChI is InChI=1S/C17H24N2O4S/c1-3-12-9-14(24-11(12)2)16(21)23-10-15(20)19-17(22)18-13-7-5-4-6-8-13/h9,13H,3-8,10H2,1-2H3,(H2,18,19,20,22). The van der Waals surface area contributed by atoms with Crippen LogP contribution in [0, 0.1) is 6.92 Å². The molecule has 3 amide bonds. The van der Waals surface area contributed by atoms with Crippen molar-refractivity contribution in [3.05, 3.63) is 21.4 Å². The maximum Gasteiger partial charge on any atom is 0.348 e. The van der Waals surface area contributed by atoms with Gasteiger partial charge in [0.15, 0.2) is 6.61 Å². The number of hydrogen-bond donors (Lipinski definition) is 2. The number of aryl methyl sites for hydroxylation is 2. The Kier molecular flexibility index (Phi) is 6.78. The minimum Gasteiger partial charge on any atom is -0.451 e. The van der Waals surface area contributed by atoms with Gasteiger partial charge in [-0.1, -0.05) is 26.2 Å². The third-order valence-electron chi connectivity index (χ3n) is 4.13. The van der Waals surface area contributed by atoms with E-state index < -0.39 is 24.5 Å². The number of urea groups is 1. The summed E-state index contributed by atoms with van der Waals surface area (Å²) in [7, 11) is 0. The lowest BCUT2D eigenvalue weighted by Gasteiger charge is -2.22. The van der Waals surface area contributed by atoms with Gasteiger partial charge in [-0.15, -0.1) is 11.3 Å². The second kappa shape index (κ2) is 8.82. The van der Waals surface area contributed by atoms with Gasteiger partial charge in [-0.3, -0.25) is 10.1 Å². The minimum absolute atomic E-state index is 0.121. The first-order chi connectivity index (χ1) is 11.5. The van der Waals surface area contributed by atoms with Gasteiger partial charge in [-0.2, -0.15) is 0 Å². The molecule has 1 fully saturated rings. The topological polar surface area (TPSA) is 84.5 Å². The molecule has 2 N–H and O–H groups in total. The predicted molar refractivity (Wildman–Crippen MR) is 92.3 cm³/mol. The van der Waals surface area contributed by atoms with Gasteiger partial charge in [0.2, 0.25) is 0 Å². The molecule has 1 saturated carbocycles. The molecule has 1 aromatic heterocycles. The first-order valence-electron chi connectivity index (χ1n) is 8.36. The fraction of sp³-hybridized carbons (Fsp3) is 0.588. The summed E-state index contributed by atoms with van der Waals surface area (Å²) in [6.07, 6.45) is 6.10. The normalized spacial score (nSPS) is 14.9. The lowest BCUT2D eigenvalue weighted by atomic mass is 9.96. The Balaban J connectivity index is 1.73. The van der Waals surface area contributed by atoms with Crippen LogP contribution < -0.4 is 10.6 Å². The number of thiophene rings is 1. The summed E-state index contributed by atoms with van der Waals surface area (Å²) in [6, 6.07) is 1.38. The van der Waals surface area contributed by atoms with Crippen molar-refractivity contribution in [2.45, 2.75) is 58.4 Å². The van der Waals surface area contributed by atoms with E-state index in [1.807, 2.05) is 13.8 Å². The number of rotatable bonds is 5. The van der Waals surface area contributed by atoms with Crippen LogP contribution in [0.3, 0.4) is 0 Å². The predicted octanol–water partition coefficient (Wildman–Crippen LogP) is 2.93. The number of amides is 3. The van der Waals surface area contributed by atoms with Crippen molar-refractivity contribution in [3.63, 3.8) is 0 Å². The number of imide groups is 1. The first kappa shape index (κ1) is 18.4. The van der Waals surface area contributed by atoms with Crippen LogP contribution in [0.5, 0.6) is 0 Å². The van der Waals surface area contributed by atoms with E-state index in [0.29, 0.717) is 4.88 Å². The van der Waals surface area contributed by atoms with Crippen molar-refractivity contribution < 1.29 is 19.1 Å². The van der Waals surface area contributed by atoms with E-state index >= 15 is 0 Å². The summed E-state index contributed by atoms with van der Waals surface area (Å²) in [5, 5.41) is 4.98. The molecule has 0 spiro atoms. The Morgan fingerprint density at radius 3 is 2.58 bits per heavy atom. The van der Waals surface area contributed by atoms with Gasteiger partial charge >= 0.3 is 12.0 Å². The molecule has 0 atom stereocenters. The van der Waals surface area contributed by atoms with Gasteiger partial charge in [0.25, 0.3) is 5.91 Å². The fourth-order valence-corrected chi connectivity index (χ4v) is 3.81. The van der Waals surface area contributed by atoms with E-state index in [0.717, 1.165) is 42.5 Å². The first-order valence-corrected chi connectivity index (χ1v) is 9.18. The van der Waals surface area contributed by atoms with Crippen LogP contribution in [0.2, 0.25) is 0 Å². The third-order valence-corrected chi connectivity index (χ3v) is 5.20. The monoisotopic (exact) mass is 352 g/mol. The summed E-state index contributed by atoms with van der Waals surface area (Å²) >= 11 is 1.35. The SMILES string of the molecule is CCc1cc(C(=O)OCC(=O)NC(=O)NC2CCCCC2)sc1C. The summed E-state index contributed by atoms with van der Waals surface area (Å²) < 4.78 is 4.97. The Hall–Kier alpha value is -1.89. The Morgan fingerprint density at radius 2 is 1.96 bits per heavy atom. The molecular formula is C17H24N2O4S. The van der Waals surface area contributed by atoms with E-state index in [1.165, 1.54) is 17.8 Å². The van der Waals surface area contributed by atoms with E-state index in [4.69, 9.17) is 4.74 Å². The van der Waals surface area contributed by atoms with Gasteiger partial charge in [0.1, 0.15) is 4.88 Å². The number of nitrogens with one attached hydrogen (secondary N) is 2. The zero-order valence-corrected chi connectivity index (χ0v) is 15.0. The van der Waals surface area contributed by atoms with Crippen LogP contribution in [-0.4, -0.2) is 30.6 Å². The number of carbonyl (C=O) groups excluding carboxylic acids is 3. The van der Waals surface area contributed by atoms with Crippen LogP contribution in [-0.2, 0) is 16.0 Å². The molecule has 1 aromatic rings. The average molecular weight is 352 g/mol. The van der Waals surface area contributed by atoms with Crippen LogP contribution in [0.25, 0.3) is 0 Å². The quantitative estimate of drug-likeness (QED) is 0.798. The van der Waals surface area contributed by atoms with E-state index in [1.54, 1.807) is 6.07 Å². The molecule has 6 nitrogen and oxygen atoms in total.